The minimum Gasteiger partial charge on any atom is -0.311 e. The quantitative estimate of drug-likeness (QED) is 0.417. The molecule has 0 aromatic heterocycles. The fraction of sp³-hybridized carbons (Fsp3) is 0.182. The molecule has 0 spiro atoms. The SMILES string of the molecule is CCCCBr.c1ccc(N(c2ccccc2)c2ccccc2)cc1. The van der Waals surface area contributed by atoms with Gasteiger partial charge in [0.25, 0.3) is 0 Å². The van der Waals surface area contributed by atoms with Gasteiger partial charge in [0.1, 0.15) is 0 Å². The van der Waals surface area contributed by atoms with Crippen LogP contribution in [0.2, 0.25) is 0 Å². The van der Waals surface area contributed by atoms with Crippen molar-refractivity contribution in [1.29, 1.82) is 0 Å². The molecular weight excluding hydrogens is 358 g/mol. The second kappa shape index (κ2) is 10.7. The van der Waals surface area contributed by atoms with Crippen LogP contribution in [0.3, 0.4) is 0 Å². The number of hydrogen-bond acceptors (Lipinski definition) is 1. The maximum atomic E-state index is 3.31. The molecule has 3 aromatic carbocycles. The topological polar surface area (TPSA) is 3.24 Å². The largest absolute Gasteiger partial charge is 0.311 e. The molecule has 0 saturated heterocycles. The number of unbranched alkanes of at least 4 members (excludes halogenated alkanes) is 1. The Morgan fingerprint density at radius 3 is 1.17 bits per heavy atom. The second-order valence-corrected chi connectivity index (χ2v) is 6.18. The number of rotatable bonds is 5. The highest BCUT2D eigenvalue weighted by Crippen LogP contribution is 2.33. The van der Waals surface area contributed by atoms with Crippen LogP contribution >= 0.6 is 15.9 Å². The molecule has 0 aliphatic carbocycles. The second-order valence-electron chi connectivity index (χ2n) is 5.38. The zero-order valence-electron chi connectivity index (χ0n) is 14.1. The van der Waals surface area contributed by atoms with Crippen molar-refractivity contribution in [2.45, 2.75) is 19.8 Å². The van der Waals surface area contributed by atoms with Gasteiger partial charge in [-0.15, -0.1) is 0 Å². The van der Waals surface area contributed by atoms with Crippen LogP contribution in [0, 0.1) is 0 Å². The van der Waals surface area contributed by atoms with E-state index in [9.17, 15) is 0 Å². The van der Waals surface area contributed by atoms with Gasteiger partial charge < -0.3 is 4.90 Å². The zero-order chi connectivity index (χ0) is 17.0. The van der Waals surface area contributed by atoms with Crippen LogP contribution in [0.4, 0.5) is 17.1 Å². The highest BCUT2D eigenvalue weighted by atomic mass is 79.9. The molecule has 1 nitrogen and oxygen atoms in total. The van der Waals surface area contributed by atoms with Crippen molar-refractivity contribution in [1.82, 2.24) is 0 Å². The smallest absolute Gasteiger partial charge is 0.0461 e. The van der Waals surface area contributed by atoms with Gasteiger partial charge in [-0.05, 0) is 42.8 Å². The third kappa shape index (κ3) is 5.54. The van der Waals surface area contributed by atoms with Crippen LogP contribution in [0.25, 0.3) is 0 Å². The van der Waals surface area contributed by atoms with E-state index in [0.29, 0.717) is 0 Å². The normalized spacial score (nSPS) is 9.75. The maximum Gasteiger partial charge on any atom is 0.0461 e. The van der Waals surface area contributed by atoms with Gasteiger partial charge in [-0.1, -0.05) is 83.9 Å². The lowest BCUT2D eigenvalue weighted by Gasteiger charge is -2.25. The van der Waals surface area contributed by atoms with Crippen molar-refractivity contribution >= 4 is 33.0 Å². The van der Waals surface area contributed by atoms with Gasteiger partial charge in [0, 0.05) is 22.4 Å². The summed E-state index contributed by atoms with van der Waals surface area (Å²) in [6, 6.07) is 31.3. The Hall–Kier alpha value is -2.06. The number of halogens is 1. The summed E-state index contributed by atoms with van der Waals surface area (Å²) < 4.78 is 0. The highest BCUT2D eigenvalue weighted by Gasteiger charge is 2.10. The van der Waals surface area contributed by atoms with Crippen LogP contribution in [-0.2, 0) is 0 Å². The lowest BCUT2D eigenvalue weighted by molar-refractivity contribution is 0.902. The van der Waals surface area contributed by atoms with Crippen LogP contribution in [-0.4, -0.2) is 5.33 Å². The van der Waals surface area contributed by atoms with Crippen LogP contribution in [0.5, 0.6) is 0 Å². The minimum absolute atomic E-state index is 1.16. The van der Waals surface area contributed by atoms with E-state index in [4.69, 9.17) is 0 Å². The fourth-order valence-electron chi connectivity index (χ4n) is 2.31. The zero-order valence-corrected chi connectivity index (χ0v) is 15.7. The molecule has 0 aliphatic rings. The highest BCUT2D eigenvalue weighted by molar-refractivity contribution is 9.09. The number of nitrogens with zero attached hydrogens (tertiary/aromatic N) is 1. The van der Waals surface area contributed by atoms with Crippen molar-refractivity contribution in [3.8, 4) is 0 Å². The Labute approximate surface area is 154 Å². The Bertz CT molecular complexity index is 572. The van der Waals surface area contributed by atoms with E-state index in [2.05, 4.69) is 101 Å². The van der Waals surface area contributed by atoms with Gasteiger partial charge in [0.15, 0.2) is 0 Å². The van der Waals surface area contributed by atoms with Gasteiger partial charge >= 0.3 is 0 Å². The van der Waals surface area contributed by atoms with Crippen molar-refractivity contribution in [3.63, 3.8) is 0 Å². The molecule has 3 rings (SSSR count). The van der Waals surface area contributed by atoms with E-state index in [-0.39, 0.29) is 0 Å². The summed E-state index contributed by atoms with van der Waals surface area (Å²) >= 11 is 3.31. The van der Waals surface area contributed by atoms with Crippen LogP contribution in [0.1, 0.15) is 19.8 Å². The Balaban J connectivity index is 0.000000368. The predicted molar refractivity (Wildman–Crippen MR) is 110 cm³/mol. The van der Waals surface area contributed by atoms with E-state index in [1.807, 2.05) is 18.2 Å². The van der Waals surface area contributed by atoms with Crippen molar-refractivity contribution in [3.05, 3.63) is 91.0 Å². The maximum absolute atomic E-state index is 3.31. The van der Waals surface area contributed by atoms with Gasteiger partial charge in [-0.25, -0.2) is 0 Å². The third-order valence-corrected chi connectivity index (χ3v) is 4.09. The molecule has 2 heteroatoms. The molecule has 0 saturated carbocycles. The van der Waals surface area contributed by atoms with Crippen LogP contribution in [0.15, 0.2) is 91.0 Å². The molecule has 24 heavy (non-hydrogen) atoms. The van der Waals surface area contributed by atoms with Gasteiger partial charge in [-0.2, -0.15) is 0 Å². The molecule has 124 valence electrons. The van der Waals surface area contributed by atoms with E-state index in [0.717, 1.165) is 5.33 Å². The summed E-state index contributed by atoms with van der Waals surface area (Å²) in [5, 5.41) is 1.16. The standard InChI is InChI=1S/C18H15N.C4H9Br/c1-4-10-16(11-5-1)19(17-12-6-2-7-13-17)18-14-8-3-9-15-18;1-2-3-4-5/h1-15H;2-4H2,1H3. The predicted octanol–water partition coefficient (Wildman–Crippen LogP) is 7.34. The Kier molecular flexibility index (Phi) is 8.12. The molecular formula is C22H24BrN. The summed E-state index contributed by atoms with van der Waals surface area (Å²) in [4.78, 5) is 2.25. The van der Waals surface area contributed by atoms with E-state index >= 15 is 0 Å². The van der Waals surface area contributed by atoms with E-state index in [1.165, 1.54) is 29.9 Å². The van der Waals surface area contributed by atoms with Crippen LogP contribution < -0.4 is 4.90 Å². The van der Waals surface area contributed by atoms with E-state index in [1.54, 1.807) is 0 Å². The number of para-hydroxylation sites is 3. The monoisotopic (exact) mass is 381 g/mol. The number of alkyl halides is 1. The summed E-state index contributed by atoms with van der Waals surface area (Å²) in [5.74, 6) is 0. The molecule has 0 atom stereocenters. The first-order valence-electron chi connectivity index (χ1n) is 8.38. The van der Waals surface area contributed by atoms with Gasteiger partial charge in [-0.3, -0.25) is 0 Å². The van der Waals surface area contributed by atoms with Gasteiger partial charge in [0.05, 0.1) is 0 Å². The molecule has 0 bridgehead atoms. The first-order chi connectivity index (χ1) is 11.9. The molecule has 3 aromatic rings. The van der Waals surface area contributed by atoms with Crippen molar-refractivity contribution < 1.29 is 0 Å². The summed E-state index contributed by atoms with van der Waals surface area (Å²) in [7, 11) is 0. The summed E-state index contributed by atoms with van der Waals surface area (Å²) in [6.45, 7) is 2.18. The van der Waals surface area contributed by atoms with Gasteiger partial charge in [0.2, 0.25) is 0 Å². The molecule has 0 heterocycles. The molecule has 0 unspecified atom stereocenters. The summed E-state index contributed by atoms with van der Waals surface area (Å²) in [5.41, 5.74) is 3.50. The number of benzene rings is 3. The fourth-order valence-corrected chi connectivity index (χ4v) is 2.87. The third-order valence-electron chi connectivity index (χ3n) is 3.53. The molecule has 0 radical (unpaired) electrons. The first kappa shape index (κ1) is 18.3. The van der Waals surface area contributed by atoms with E-state index < -0.39 is 0 Å². The van der Waals surface area contributed by atoms with Crippen molar-refractivity contribution in [2.24, 2.45) is 0 Å². The number of hydrogen-bond donors (Lipinski definition) is 0. The minimum atomic E-state index is 1.16. The van der Waals surface area contributed by atoms with Crippen molar-refractivity contribution in [2.75, 3.05) is 10.2 Å². The Morgan fingerprint density at radius 2 is 0.958 bits per heavy atom. The molecule has 0 amide bonds. The molecule has 0 fully saturated rings. The lowest BCUT2D eigenvalue weighted by atomic mass is 10.2. The first-order valence-corrected chi connectivity index (χ1v) is 9.50. The Morgan fingerprint density at radius 1 is 0.625 bits per heavy atom. The number of anilines is 3. The molecule has 0 aliphatic heterocycles. The average molecular weight is 382 g/mol. The average Bonchev–Trinajstić information content (AvgIpc) is 2.66. The summed E-state index contributed by atoms with van der Waals surface area (Å²) in [6.07, 6.45) is 2.60. The lowest BCUT2D eigenvalue weighted by Crippen LogP contribution is -2.09. The molecule has 0 N–H and O–H groups in total.